The first-order valence-corrected chi connectivity index (χ1v) is 20.1. The summed E-state index contributed by atoms with van der Waals surface area (Å²) >= 11 is 0. The third-order valence-electron chi connectivity index (χ3n) is 12.2. The van der Waals surface area contributed by atoms with E-state index >= 15 is 0 Å². The van der Waals surface area contributed by atoms with Gasteiger partial charge in [-0.3, -0.25) is 4.79 Å². The average molecular weight is 740 g/mol. The van der Waals surface area contributed by atoms with E-state index in [0.717, 1.165) is 46.4 Å². The summed E-state index contributed by atoms with van der Waals surface area (Å²) in [7, 11) is 0. The number of aromatic amines is 1. The van der Waals surface area contributed by atoms with Crippen LogP contribution < -0.4 is 10.1 Å². The lowest BCUT2D eigenvalue weighted by atomic mass is 9.48. The summed E-state index contributed by atoms with van der Waals surface area (Å²) in [4.78, 5) is 33.0. The highest BCUT2D eigenvalue weighted by molar-refractivity contribution is 5.89. The Bertz CT molecular complexity index is 2210. The molecule has 0 bridgehead atoms. The first-order valence-electron chi connectivity index (χ1n) is 20.1. The van der Waals surface area contributed by atoms with Crippen LogP contribution in [0.1, 0.15) is 115 Å². The molecule has 1 saturated carbocycles. The number of rotatable bonds is 10. The Labute approximate surface area is 326 Å². The van der Waals surface area contributed by atoms with E-state index < -0.39 is 11.6 Å². The second-order valence-corrected chi connectivity index (χ2v) is 17.8. The maximum Gasteiger partial charge on any atom is 0.344 e. The quantitative estimate of drug-likeness (QED) is 0.139. The Morgan fingerprint density at radius 3 is 2.47 bits per heavy atom. The molecule has 7 heteroatoms. The molecule has 0 saturated heterocycles. The summed E-state index contributed by atoms with van der Waals surface area (Å²) in [5, 5.41) is 2.92. The first-order chi connectivity index (χ1) is 26.1. The van der Waals surface area contributed by atoms with Gasteiger partial charge in [0.25, 0.3) is 0 Å². The van der Waals surface area contributed by atoms with Gasteiger partial charge in [-0.1, -0.05) is 94.8 Å². The third kappa shape index (κ3) is 8.08. The molecule has 2 aliphatic rings. The molecule has 3 atom stereocenters. The molecular weight excluding hydrogens is 683 g/mol. The number of aromatic nitrogens is 2. The van der Waals surface area contributed by atoms with Crippen molar-refractivity contribution in [3.63, 3.8) is 0 Å². The van der Waals surface area contributed by atoms with E-state index in [2.05, 4.69) is 92.6 Å². The molecule has 55 heavy (non-hydrogen) atoms. The van der Waals surface area contributed by atoms with Gasteiger partial charge < -0.3 is 19.8 Å². The number of imidazole rings is 1. The number of carbonyl (C=O) groups is 2. The number of nitrogens with zero attached hydrogens (tertiary/aromatic N) is 1. The number of H-pyrrole nitrogens is 1. The number of fused-ring (bicyclic) bond motifs is 4. The summed E-state index contributed by atoms with van der Waals surface area (Å²) in [5.74, 6) is 1.95. The fourth-order valence-corrected chi connectivity index (χ4v) is 9.61. The smallest absolute Gasteiger partial charge is 0.344 e. The van der Waals surface area contributed by atoms with Crippen molar-refractivity contribution in [1.82, 2.24) is 15.3 Å². The average Bonchev–Trinajstić information content (AvgIpc) is 3.58. The van der Waals surface area contributed by atoms with Crippen molar-refractivity contribution in [2.45, 2.75) is 117 Å². The van der Waals surface area contributed by atoms with Crippen molar-refractivity contribution in [3.8, 4) is 28.3 Å². The second kappa shape index (κ2) is 15.0. The van der Waals surface area contributed by atoms with Crippen molar-refractivity contribution < 1.29 is 19.1 Å². The number of hydrogen-bond donors (Lipinski definition) is 2. The monoisotopic (exact) mass is 739 g/mol. The van der Waals surface area contributed by atoms with Gasteiger partial charge in [0.15, 0.2) is 6.61 Å². The fraction of sp³-hybridized carbons (Fsp3) is 0.438. The number of aryl methyl sites for hydroxylation is 1. The molecule has 1 heterocycles. The lowest BCUT2D eigenvalue weighted by Gasteiger charge is -2.56. The molecule has 0 unspecified atom stereocenters. The van der Waals surface area contributed by atoms with E-state index in [-0.39, 0.29) is 23.3 Å². The van der Waals surface area contributed by atoms with E-state index in [4.69, 9.17) is 14.5 Å². The van der Waals surface area contributed by atoms with E-state index in [0.29, 0.717) is 24.1 Å². The minimum Gasteiger partial charge on any atom is -0.482 e. The van der Waals surface area contributed by atoms with Crippen LogP contribution in [0.3, 0.4) is 0 Å². The van der Waals surface area contributed by atoms with Gasteiger partial charge in [-0.15, -0.1) is 0 Å². The zero-order valence-corrected chi connectivity index (χ0v) is 33.9. The molecule has 2 N–H and O–H groups in total. The van der Waals surface area contributed by atoms with E-state index in [1.807, 2.05) is 45.0 Å². The van der Waals surface area contributed by atoms with Crippen molar-refractivity contribution >= 4 is 22.9 Å². The van der Waals surface area contributed by atoms with Crippen LogP contribution in [0.2, 0.25) is 0 Å². The van der Waals surface area contributed by atoms with Gasteiger partial charge in [0.1, 0.15) is 17.2 Å². The molecule has 4 aromatic carbocycles. The Kier molecular flexibility index (Phi) is 10.4. The summed E-state index contributed by atoms with van der Waals surface area (Å²) in [5.41, 5.74) is 11.7. The minimum absolute atomic E-state index is 0.0373. The maximum atomic E-state index is 12.4. The SMILES string of the molecule is CC(=O)NCc1ccc(-c2ccc3[nH]c(-c4cccc(OCC(=O)OC(C)(C)C)c4)nc3c2C[C@@]2(C)CCC[C@]3(C)c4ccc(C(C)C)cc4CC[C@@H]23)cc1. The van der Waals surface area contributed by atoms with Crippen LogP contribution in [0, 0.1) is 11.3 Å². The van der Waals surface area contributed by atoms with Crippen LogP contribution in [0.15, 0.2) is 78.9 Å². The molecule has 0 spiro atoms. The third-order valence-corrected chi connectivity index (χ3v) is 12.2. The standard InChI is InChI=1S/C48H57N3O4/c1-30(2)34-17-20-40-35(25-34)18-22-42-47(7,23-10-24-48(40,42)8)27-39-38(33-15-13-32(14-16-33)28-49-31(3)52)19-21-41-44(39)51-45(50-41)36-11-9-12-37(26-36)54-29-43(53)55-46(4,5)6/h9,11-17,19-21,25-26,30,42H,10,18,22-24,27-29H2,1-8H3,(H,49,52)(H,50,51)/t42-,47+,48+/m0/s1. The molecule has 288 valence electrons. The Balaban J connectivity index is 1.27. The van der Waals surface area contributed by atoms with Gasteiger partial charge >= 0.3 is 5.97 Å². The van der Waals surface area contributed by atoms with Crippen molar-refractivity contribution in [3.05, 3.63) is 107 Å². The Morgan fingerprint density at radius 1 is 0.964 bits per heavy atom. The van der Waals surface area contributed by atoms with E-state index in [1.54, 1.807) is 18.1 Å². The molecule has 1 fully saturated rings. The predicted molar refractivity (Wildman–Crippen MR) is 221 cm³/mol. The lowest BCUT2D eigenvalue weighted by Crippen LogP contribution is -2.50. The minimum atomic E-state index is -0.575. The molecule has 7 nitrogen and oxygen atoms in total. The summed E-state index contributed by atoms with van der Waals surface area (Å²) in [6.07, 6.45) is 6.81. The highest BCUT2D eigenvalue weighted by Crippen LogP contribution is 2.59. The molecule has 1 amide bonds. The molecule has 0 aliphatic heterocycles. The lowest BCUT2D eigenvalue weighted by molar-refractivity contribution is -0.157. The summed E-state index contributed by atoms with van der Waals surface area (Å²) in [6.45, 7) is 17.1. The van der Waals surface area contributed by atoms with Crippen LogP contribution >= 0.6 is 0 Å². The molecule has 5 aromatic rings. The number of carbonyl (C=O) groups excluding carboxylic acids is 2. The number of nitrogens with one attached hydrogen (secondary N) is 2. The van der Waals surface area contributed by atoms with Crippen molar-refractivity contribution in [1.29, 1.82) is 0 Å². The number of benzene rings is 4. The molecule has 0 radical (unpaired) electrons. The normalized spacial score (nSPS) is 20.9. The van der Waals surface area contributed by atoms with Gasteiger partial charge in [0.05, 0.1) is 11.0 Å². The first kappa shape index (κ1) is 38.4. The fourth-order valence-electron chi connectivity index (χ4n) is 9.61. The highest BCUT2D eigenvalue weighted by atomic mass is 16.6. The van der Waals surface area contributed by atoms with Crippen LogP contribution in [0.4, 0.5) is 0 Å². The van der Waals surface area contributed by atoms with Crippen LogP contribution in [0.5, 0.6) is 5.75 Å². The second-order valence-electron chi connectivity index (χ2n) is 17.8. The van der Waals surface area contributed by atoms with Gasteiger partial charge in [0.2, 0.25) is 5.91 Å². The maximum absolute atomic E-state index is 12.4. The molecule has 7 rings (SSSR count). The topological polar surface area (TPSA) is 93.3 Å². The largest absolute Gasteiger partial charge is 0.482 e. The number of amides is 1. The van der Waals surface area contributed by atoms with Crippen molar-refractivity contribution in [2.75, 3.05) is 6.61 Å². The van der Waals surface area contributed by atoms with E-state index in [9.17, 15) is 9.59 Å². The summed E-state index contributed by atoms with van der Waals surface area (Å²) < 4.78 is 11.3. The van der Waals surface area contributed by atoms with Gasteiger partial charge in [-0.2, -0.15) is 0 Å². The number of ether oxygens (including phenoxy) is 2. The van der Waals surface area contributed by atoms with Gasteiger partial charge in [-0.05, 0) is 133 Å². The predicted octanol–water partition coefficient (Wildman–Crippen LogP) is 10.6. The zero-order chi connectivity index (χ0) is 39.1. The van der Waals surface area contributed by atoms with Crippen LogP contribution in [0.25, 0.3) is 33.5 Å². The van der Waals surface area contributed by atoms with Gasteiger partial charge in [-0.25, -0.2) is 9.78 Å². The van der Waals surface area contributed by atoms with Crippen LogP contribution in [-0.4, -0.2) is 34.1 Å². The summed E-state index contributed by atoms with van der Waals surface area (Å²) in [6, 6.07) is 28.0. The molecular formula is C48H57N3O4. The zero-order valence-electron chi connectivity index (χ0n) is 33.9. The van der Waals surface area contributed by atoms with Crippen LogP contribution in [-0.2, 0) is 39.1 Å². The molecule has 1 aromatic heterocycles. The number of esters is 1. The van der Waals surface area contributed by atoms with Crippen molar-refractivity contribution in [2.24, 2.45) is 11.3 Å². The Morgan fingerprint density at radius 2 is 1.75 bits per heavy atom. The van der Waals surface area contributed by atoms with Gasteiger partial charge in [0, 0.05) is 19.0 Å². The highest BCUT2D eigenvalue weighted by Gasteiger charge is 2.52. The van der Waals surface area contributed by atoms with E-state index in [1.165, 1.54) is 42.4 Å². The number of hydrogen-bond acceptors (Lipinski definition) is 5. The Hall–Kier alpha value is -4.91. The molecule has 2 aliphatic carbocycles.